The first-order valence-corrected chi connectivity index (χ1v) is 6.42. The molecule has 1 aromatic heterocycles. The van der Waals surface area contributed by atoms with Gasteiger partial charge in [-0.1, -0.05) is 5.16 Å². The van der Waals surface area contributed by atoms with Crippen LogP contribution < -0.4 is 5.32 Å². The molecule has 17 heavy (non-hydrogen) atoms. The van der Waals surface area contributed by atoms with Gasteiger partial charge in [-0.2, -0.15) is 4.98 Å². The molecule has 1 fully saturated rings. The largest absolute Gasteiger partial charge is 0.338 e. The summed E-state index contributed by atoms with van der Waals surface area (Å²) in [5, 5.41) is 7.36. The van der Waals surface area contributed by atoms with Crippen LogP contribution in [-0.4, -0.2) is 40.2 Å². The summed E-state index contributed by atoms with van der Waals surface area (Å²) in [6.07, 6.45) is 2.56. The van der Waals surface area contributed by atoms with Crippen molar-refractivity contribution in [3.63, 3.8) is 0 Å². The van der Waals surface area contributed by atoms with Crippen molar-refractivity contribution in [2.75, 3.05) is 13.1 Å². The summed E-state index contributed by atoms with van der Waals surface area (Å²) in [5.41, 5.74) is 0. The third-order valence-corrected chi connectivity index (χ3v) is 3.26. The van der Waals surface area contributed by atoms with Crippen LogP contribution in [0, 0.1) is 6.92 Å². The summed E-state index contributed by atoms with van der Waals surface area (Å²) >= 11 is 0. The molecule has 0 radical (unpaired) electrons. The first-order chi connectivity index (χ1) is 8.15. The van der Waals surface area contributed by atoms with E-state index >= 15 is 0 Å². The Bertz CT molecular complexity index is 344. The molecule has 1 aliphatic rings. The molecule has 2 heterocycles. The van der Waals surface area contributed by atoms with Crippen molar-refractivity contribution in [1.82, 2.24) is 20.4 Å². The molecule has 1 N–H and O–H groups in total. The summed E-state index contributed by atoms with van der Waals surface area (Å²) in [7, 11) is 0. The number of hydrogen-bond acceptors (Lipinski definition) is 5. The van der Waals surface area contributed by atoms with Gasteiger partial charge in [0.05, 0.1) is 6.54 Å². The number of hydrogen-bond donors (Lipinski definition) is 1. The number of nitrogens with zero attached hydrogens (tertiary/aromatic N) is 3. The predicted molar refractivity (Wildman–Crippen MR) is 65.6 cm³/mol. The van der Waals surface area contributed by atoms with Crippen LogP contribution in [0.15, 0.2) is 4.52 Å². The maximum Gasteiger partial charge on any atom is 0.240 e. The van der Waals surface area contributed by atoms with Gasteiger partial charge in [-0.3, -0.25) is 4.90 Å². The molecule has 2 rings (SSSR count). The molecule has 0 spiro atoms. The fourth-order valence-electron chi connectivity index (χ4n) is 2.23. The van der Waals surface area contributed by atoms with Crippen molar-refractivity contribution in [2.45, 2.75) is 52.2 Å². The summed E-state index contributed by atoms with van der Waals surface area (Å²) in [4.78, 5) is 6.65. The molecule has 1 atom stereocenters. The minimum absolute atomic E-state index is 0.490. The normalized spacial score (nSPS) is 20.6. The average molecular weight is 238 g/mol. The van der Waals surface area contributed by atoms with Gasteiger partial charge in [0, 0.05) is 18.6 Å². The number of aryl methyl sites for hydroxylation is 1. The molecular weight excluding hydrogens is 216 g/mol. The van der Waals surface area contributed by atoms with E-state index in [-0.39, 0.29) is 0 Å². The molecule has 1 aliphatic heterocycles. The van der Waals surface area contributed by atoms with E-state index in [2.05, 4.69) is 34.2 Å². The van der Waals surface area contributed by atoms with Crippen molar-refractivity contribution in [3.05, 3.63) is 11.7 Å². The van der Waals surface area contributed by atoms with Crippen LogP contribution in [-0.2, 0) is 6.54 Å². The van der Waals surface area contributed by atoms with Crippen molar-refractivity contribution < 1.29 is 4.52 Å². The molecule has 96 valence electrons. The van der Waals surface area contributed by atoms with E-state index in [1.165, 1.54) is 12.8 Å². The van der Waals surface area contributed by atoms with Gasteiger partial charge in [0.25, 0.3) is 0 Å². The van der Waals surface area contributed by atoms with Crippen molar-refractivity contribution in [2.24, 2.45) is 0 Å². The fraction of sp³-hybridized carbons (Fsp3) is 0.833. The van der Waals surface area contributed by atoms with Gasteiger partial charge >= 0.3 is 0 Å². The Morgan fingerprint density at radius 1 is 1.53 bits per heavy atom. The fourth-order valence-corrected chi connectivity index (χ4v) is 2.23. The van der Waals surface area contributed by atoms with Crippen LogP contribution in [0.2, 0.25) is 0 Å². The SMILES string of the molecule is Cc1noc(CN(CC2CCCN2)C(C)C)n1. The van der Waals surface area contributed by atoms with E-state index in [1.54, 1.807) is 0 Å². The monoisotopic (exact) mass is 238 g/mol. The standard InChI is InChI=1S/C12H22N4O/c1-9(2)16(7-11-5-4-6-13-11)8-12-14-10(3)15-17-12/h9,11,13H,4-8H2,1-3H3. The van der Waals surface area contributed by atoms with E-state index in [0.29, 0.717) is 23.8 Å². The smallest absolute Gasteiger partial charge is 0.240 e. The number of nitrogens with one attached hydrogen (secondary N) is 1. The van der Waals surface area contributed by atoms with Crippen LogP contribution in [0.5, 0.6) is 0 Å². The molecule has 1 aromatic rings. The van der Waals surface area contributed by atoms with Crippen molar-refractivity contribution in [3.8, 4) is 0 Å². The molecule has 5 heteroatoms. The van der Waals surface area contributed by atoms with E-state index in [4.69, 9.17) is 4.52 Å². The molecule has 0 aromatic carbocycles. The lowest BCUT2D eigenvalue weighted by atomic mass is 10.2. The Labute approximate surface area is 103 Å². The molecule has 5 nitrogen and oxygen atoms in total. The first-order valence-electron chi connectivity index (χ1n) is 6.42. The number of rotatable bonds is 5. The Morgan fingerprint density at radius 3 is 2.88 bits per heavy atom. The second kappa shape index (κ2) is 5.60. The lowest BCUT2D eigenvalue weighted by Gasteiger charge is -2.27. The molecule has 1 saturated heterocycles. The van der Waals surface area contributed by atoms with Crippen LogP contribution in [0.1, 0.15) is 38.4 Å². The van der Waals surface area contributed by atoms with Crippen LogP contribution in [0.4, 0.5) is 0 Å². The summed E-state index contributed by atoms with van der Waals surface area (Å²) in [6.45, 7) is 9.22. The Hall–Kier alpha value is -0.940. The van der Waals surface area contributed by atoms with E-state index in [0.717, 1.165) is 19.6 Å². The van der Waals surface area contributed by atoms with Crippen LogP contribution in [0.25, 0.3) is 0 Å². The Kier molecular flexibility index (Phi) is 4.12. The maximum absolute atomic E-state index is 5.19. The molecule has 0 saturated carbocycles. The van der Waals surface area contributed by atoms with Gasteiger partial charge in [-0.05, 0) is 40.2 Å². The number of aromatic nitrogens is 2. The lowest BCUT2D eigenvalue weighted by molar-refractivity contribution is 0.170. The summed E-state index contributed by atoms with van der Waals surface area (Å²) in [6, 6.07) is 1.10. The molecule has 0 aliphatic carbocycles. The van der Waals surface area contributed by atoms with Gasteiger partial charge in [0.15, 0.2) is 5.82 Å². The van der Waals surface area contributed by atoms with Gasteiger partial charge in [0.1, 0.15) is 0 Å². The third kappa shape index (κ3) is 3.51. The van der Waals surface area contributed by atoms with E-state index < -0.39 is 0 Å². The highest BCUT2D eigenvalue weighted by molar-refractivity contribution is 4.86. The average Bonchev–Trinajstić information content (AvgIpc) is 2.89. The Morgan fingerprint density at radius 2 is 2.35 bits per heavy atom. The highest BCUT2D eigenvalue weighted by Gasteiger charge is 2.21. The molecule has 0 bridgehead atoms. The summed E-state index contributed by atoms with van der Waals surface area (Å²) in [5.74, 6) is 1.43. The minimum atomic E-state index is 0.490. The van der Waals surface area contributed by atoms with Crippen molar-refractivity contribution >= 4 is 0 Å². The van der Waals surface area contributed by atoms with Gasteiger partial charge in [-0.15, -0.1) is 0 Å². The zero-order valence-electron chi connectivity index (χ0n) is 10.9. The lowest BCUT2D eigenvalue weighted by Crippen LogP contribution is -2.40. The first kappa shape index (κ1) is 12.5. The maximum atomic E-state index is 5.19. The quantitative estimate of drug-likeness (QED) is 0.839. The van der Waals surface area contributed by atoms with Gasteiger partial charge in [0.2, 0.25) is 5.89 Å². The zero-order valence-corrected chi connectivity index (χ0v) is 10.9. The third-order valence-electron chi connectivity index (χ3n) is 3.26. The van der Waals surface area contributed by atoms with Crippen molar-refractivity contribution in [1.29, 1.82) is 0 Å². The molecule has 1 unspecified atom stereocenters. The predicted octanol–water partition coefficient (Wildman–Crippen LogP) is 1.34. The second-order valence-corrected chi connectivity index (χ2v) is 5.05. The molecular formula is C12H22N4O. The highest BCUT2D eigenvalue weighted by atomic mass is 16.5. The topological polar surface area (TPSA) is 54.2 Å². The van der Waals surface area contributed by atoms with Gasteiger partial charge < -0.3 is 9.84 Å². The second-order valence-electron chi connectivity index (χ2n) is 5.05. The highest BCUT2D eigenvalue weighted by Crippen LogP contribution is 2.12. The van der Waals surface area contributed by atoms with E-state index in [9.17, 15) is 0 Å². The molecule has 0 amide bonds. The van der Waals surface area contributed by atoms with Crippen LogP contribution >= 0.6 is 0 Å². The minimum Gasteiger partial charge on any atom is -0.338 e. The van der Waals surface area contributed by atoms with Crippen LogP contribution in [0.3, 0.4) is 0 Å². The Balaban J connectivity index is 1.92. The summed E-state index contributed by atoms with van der Waals surface area (Å²) < 4.78 is 5.19. The van der Waals surface area contributed by atoms with E-state index in [1.807, 2.05) is 6.92 Å². The zero-order chi connectivity index (χ0) is 12.3. The van der Waals surface area contributed by atoms with Gasteiger partial charge in [-0.25, -0.2) is 0 Å².